The average Bonchev–Trinajstić information content (AvgIpc) is 2.69. The molecule has 0 aromatic carbocycles. The van der Waals surface area contributed by atoms with Crippen molar-refractivity contribution in [2.45, 2.75) is 12.2 Å². The van der Waals surface area contributed by atoms with E-state index in [2.05, 4.69) is 11.8 Å². The molecular weight excluding hydrogens is 228 g/mol. The zero-order chi connectivity index (χ0) is 10.9. The maximum atomic E-state index is 8.63. The van der Waals surface area contributed by atoms with Gasteiger partial charge in [0.15, 0.2) is 0 Å². The SMILES string of the molecule is OCC#Cc1ccsc1CSCCCO. The lowest BCUT2D eigenvalue weighted by Gasteiger charge is -1.98. The Kier molecular flexibility index (Phi) is 6.53. The molecule has 15 heavy (non-hydrogen) atoms. The molecule has 4 heteroatoms. The van der Waals surface area contributed by atoms with Crippen molar-refractivity contribution in [2.24, 2.45) is 0 Å². The highest BCUT2D eigenvalue weighted by Crippen LogP contribution is 2.22. The summed E-state index contributed by atoms with van der Waals surface area (Å²) in [6.07, 6.45) is 0.841. The van der Waals surface area contributed by atoms with Gasteiger partial charge in [-0.2, -0.15) is 11.8 Å². The molecule has 1 rings (SSSR count). The third-order valence-corrected chi connectivity index (χ3v) is 3.90. The van der Waals surface area contributed by atoms with Gasteiger partial charge in [0.05, 0.1) is 0 Å². The summed E-state index contributed by atoms with van der Waals surface area (Å²) >= 11 is 3.49. The summed E-state index contributed by atoms with van der Waals surface area (Å²) < 4.78 is 0. The van der Waals surface area contributed by atoms with E-state index in [9.17, 15) is 0 Å². The van der Waals surface area contributed by atoms with Crippen molar-refractivity contribution in [3.05, 3.63) is 21.9 Å². The number of aliphatic hydroxyl groups excluding tert-OH is 2. The minimum atomic E-state index is -0.0903. The summed E-state index contributed by atoms with van der Waals surface area (Å²) in [6, 6.07) is 1.98. The van der Waals surface area contributed by atoms with Crippen LogP contribution in [0.3, 0.4) is 0 Å². The minimum absolute atomic E-state index is 0.0903. The first-order valence-corrected chi connectivity index (χ1v) is 6.76. The quantitative estimate of drug-likeness (QED) is 0.610. The first-order chi connectivity index (χ1) is 7.38. The van der Waals surface area contributed by atoms with Crippen LogP contribution in [0.2, 0.25) is 0 Å². The van der Waals surface area contributed by atoms with Gasteiger partial charge in [0.25, 0.3) is 0 Å². The van der Waals surface area contributed by atoms with Gasteiger partial charge in [0.1, 0.15) is 6.61 Å². The highest BCUT2D eigenvalue weighted by Gasteiger charge is 2.01. The fraction of sp³-hybridized carbons (Fsp3) is 0.455. The molecule has 0 spiro atoms. The van der Waals surface area contributed by atoms with E-state index >= 15 is 0 Å². The van der Waals surface area contributed by atoms with Crippen LogP contribution in [-0.4, -0.2) is 29.2 Å². The Labute approximate surface area is 98.3 Å². The zero-order valence-electron chi connectivity index (χ0n) is 8.40. The van der Waals surface area contributed by atoms with Crippen molar-refractivity contribution < 1.29 is 10.2 Å². The van der Waals surface area contributed by atoms with Crippen molar-refractivity contribution in [3.8, 4) is 11.8 Å². The van der Waals surface area contributed by atoms with Crippen LogP contribution in [0.15, 0.2) is 11.4 Å². The van der Waals surface area contributed by atoms with E-state index in [0.29, 0.717) is 0 Å². The highest BCUT2D eigenvalue weighted by atomic mass is 32.2. The second-order valence-corrected chi connectivity index (χ2v) is 4.95. The molecule has 2 N–H and O–H groups in total. The number of rotatable bonds is 5. The van der Waals surface area contributed by atoms with Crippen LogP contribution in [0, 0.1) is 11.8 Å². The lowest BCUT2D eigenvalue weighted by molar-refractivity contribution is 0.296. The lowest BCUT2D eigenvalue weighted by Crippen LogP contribution is -1.87. The van der Waals surface area contributed by atoms with Crippen molar-refractivity contribution in [1.29, 1.82) is 0 Å². The van der Waals surface area contributed by atoms with Gasteiger partial charge < -0.3 is 10.2 Å². The van der Waals surface area contributed by atoms with E-state index in [1.54, 1.807) is 23.1 Å². The van der Waals surface area contributed by atoms with E-state index in [-0.39, 0.29) is 13.2 Å². The Morgan fingerprint density at radius 1 is 1.40 bits per heavy atom. The third kappa shape index (κ3) is 4.72. The van der Waals surface area contributed by atoms with Gasteiger partial charge in [-0.25, -0.2) is 0 Å². The predicted octanol–water partition coefficient (Wildman–Crippen LogP) is 1.71. The number of aliphatic hydroxyl groups is 2. The van der Waals surface area contributed by atoms with Crippen molar-refractivity contribution >= 4 is 23.1 Å². The van der Waals surface area contributed by atoms with E-state index < -0.39 is 0 Å². The maximum absolute atomic E-state index is 8.63. The topological polar surface area (TPSA) is 40.5 Å². The molecule has 2 nitrogen and oxygen atoms in total. The summed E-state index contributed by atoms with van der Waals surface area (Å²) in [4.78, 5) is 1.25. The Morgan fingerprint density at radius 3 is 3.00 bits per heavy atom. The van der Waals surface area contributed by atoms with Gasteiger partial charge in [0.2, 0.25) is 0 Å². The predicted molar refractivity (Wildman–Crippen MR) is 66.1 cm³/mol. The maximum Gasteiger partial charge on any atom is 0.104 e. The van der Waals surface area contributed by atoms with Crippen molar-refractivity contribution in [2.75, 3.05) is 19.0 Å². The van der Waals surface area contributed by atoms with Crippen LogP contribution in [0.1, 0.15) is 16.9 Å². The molecule has 1 heterocycles. The largest absolute Gasteiger partial charge is 0.396 e. The first kappa shape index (κ1) is 12.6. The average molecular weight is 242 g/mol. The van der Waals surface area contributed by atoms with Gasteiger partial charge in [-0.15, -0.1) is 11.3 Å². The van der Waals surface area contributed by atoms with E-state index in [1.165, 1.54) is 4.88 Å². The van der Waals surface area contributed by atoms with Gasteiger partial charge in [-0.3, -0.25) is 0 Å². The van der Waals surface area contributed by atoms with Gasteiger partial charge in [-0.1, -0.05) is 11.8 Å². The molecule has 1 aromatic rings. The van der Waals surface area contributed by atoms with Crippen LogP contribution >= 0.6 is 23.1 Å². The lowest BCUT2D eigenvalue weighted by atomic mass is 10.3. The number of hydrogen-bond acceptors (Lipinski definition) is 4. The van der Waals surface area contributed by atoms with E-state index in [0.717, 1.165) is 23.5 Å². The number of hydrogen-bond donors (Lipinski definition) is 2. The summed E-state index contributed by atoms with van der Waals surface area (Å²) in [5.41, 5.74) is 1.02. The summed E-state index contributed by atoms with van der Waals surface area (Å²) in [5, 5.41) is 19.2. The molecule has 1 aromatic heterocycles. The third-order valence-electron chi connectivity index (χ3n) is 1.73. The molecule has 0 aliphatic rings. The minimum Gasteiger partial charge on any atom is -0.396 e. The van der Waals surface area contributed by atoms with Crippen LogP contribution in [0.25, 0.3) is 0 Å². The van der Waals surface area contributed by atoms with E-state index in [1.807, 2.05) is 11.4 Å². The molecule has 0 aliphatic heterocycles. The Bertz CT molecular complexity index is 336. The summed E-state index contributed by atoms with van der Waals surface area (Å²) in [5.74, 6) is 7.50. The molecule has 82 valence electrons. The monoisotopic (exact) mass is 242 g/mol. The van der Waals surface area contributed by atoms with Crippen LogP contribution < -0.4 is 0 Å². The molecule has 0 saturated heterocycles. The summed E-state index contributed by atoms with van der Waals surface area (Å²) in [6.45, 7) is 0.168. The van der Waals surface area contributed by atoms with Crippen LogP contribution in [0.5, 0.6) is 0 Å². The van der Waals surface area contributed by atoms with Crippen molar-refractivity contribution in [1.82, 2.24) is 0 Å². The standard InChI is InChI=1S/C11H14O2S2/c12-5-1-3-10-4-8-15-11(10)9-14-7-2-6-13/h4,8,12-13H,2,5-7,9H2. The van der Waals surface area contributed by atoms with Gasteiger partial charge in [-0.05, 0) is 23.6 Å². The summed E-state index contributed by atoms with van der Waals surface area (Å²) in [7, 11) is 0. The smallest absolute Gasteiger partial charge is 0.104 e. The first-order valence-electron chi connectivity index (χ1n) is 4.73. The Balaban J connectivity index is 2.43. The van der Waals surface area contributed by atoms with Gasteiger partial charge >= 0.3 is 0 Å². The van der Waals surface area contributed by atoms with Crippen LogP contribution in [-0.2, 0) is 5.75 Å². The highest BCUT2D eigenvalue weighted by molar-refractivity contribution is 7.98. The molecular formula is C11H14O2S2. The normalized spacial score (nSPS) is 9.73. The second-order valence-electron chi connectivity index (χ2n) is 2.85. The zero-order valence-corrected chi connectivity index (χ0v) is 10.0. The van der Waals surface area contributed by atoms with Crippen molar-refractivity contribution in [3.63, 3.8) is 0 Å². The fourth-order valence-electron chi connectivity index (χ4n) is 1.03. The second kappa shape index (κ2) is 7.77. The number of thioether (sulfide) groups is 1. The molecule has 0 amide bonds. The Morgan fingerprint density at radius 2 is 2.27 bits per heavy atom. The molecule has 0 saturated carbocycles. The molecule has 0 bridgehead atoms. The van der Waals surface area contributed by atoms with Gasteiger partial charge in [0, 0.05) is 22.8 Å². The van der Waals surface area contributed by atoms with E-state index in [4.69, 9.17) is 10.2 Å². The number of thiophene rings is 1. The molecule has 0 aliphatic carbocycles. The molecule has 0 atom stereocenters. The molecule has 0 unspecified atom stereocenters. The van der Waals surface area contributed by atoms with Crippen LogP contribution in [0.4, 0.5) is 0 Å². The Hall–Kier alpha value is -0.470. The molecule has 0 fully saturated rings. The fourth-order valence-corrected chi connectivity index (χ4v) is 2.99. The molecule has 0 radical (unpaired) electrons.